The lowest BCUT2D eigenvalue weighted by Crippen LogP contribution is -2.48. The fourth-order valence-corrected chi connectivity index (χ4v) is 2.72. The van der Waals surface area contributed by atoms with E-state index < -0.39 is 5.54 Å². The van der Waals surface area contributed by atoms with Gasteiger partial charge in [0.1, 0.15) is 0 Å². The highest BCUT2D eigenvalue weighted by Gasteiger charge is 2.27. The molecule has 106 valence electrons. The zero-order chi connectivity index (χ0) is 13.8. The summed E-state index contributed by atoms with van der Waals surface area (Å²) in [4.78, 5) is 16.5. The van der Waals surface area contributed by atoms with E-state index in [4.69, 9.17) is 5.73 Å². The Balaban J connectivity index is 2.41. The van der Waals surface area contributed by atoms with E-state index in [1.807, 2.05) is 18.7 Å². The molecular weight excluding hydrogens is 226 g/mol. The lowest BCUT2D eigenvalue weighted by molar-refractivity contribution is -0.133. The summed E-state index contributed by atoms with van der Waals surface area (Å²) in [7, 11) is 0. The third-order valence-corrected chi connectivity index (χ3v) is 3.75. The quantitative estimate of drug-likeness (QED) is 0.809. The number of amides is 1. The molecular formula is C14H29N3O. The molecule has 1 amide bonds. The predicted octanol–water partition coefficient (Wildman–Crippen LogP) is 1.45. The molecule has 0 aromatic heterocycles. The third kappa shape index (κ3) is 4.58. The van der Waals surface area contributed by atoms with E-state index in [2.05, 4.69) is 18.7 Å². The zero-order valence-corrected chi connectivity index (χ0v) is 12.4. The molecule has 0 saturated carbocycles. The molecule has 0 unspecified atom stereocenters. The Morgan fingerprint density at radius 1 is 1.28 bits per heavy atom. The number of carbonyl (C=O) groups is 1. The van der Waals surface area contributed by atoms with Crippen LogP contribution in [0.3, 0.4) is 0 Å². The molecule has 0 aromatic carbocycles. The Morgan fingerprint density at radius 3 is 2.17 bits per heavy atom. The molecule has 18 heavy (non-hydrogen) atoms. The van der Waals surface area contributed by atoms with Crippen molar-refractivity contribution in [3.05, 3.63) is 0 Å². The van der Waals surface area contributed by atoms with E-state index >= 15 is 0 Å². The van der Waals surface area contributed by atoms with Gasteiger partial charge in [-0.25, -0.2) is 0 Å². The van der Waals surface area contributed by atoms with Crippen LogP contribution in [0.4, 0.5) is 0 Å². The fraction of sp³-hybridized carbons (Fsp3) is 0.929. The molecule has 1 saturated heterocycles. The van der Waals surface area contributed by atoms with Crippen LogP contribution in [0, 0.1) is 0 Å². The molecule has 1 aliphatic rings. The Labute approximate surface area is 111 Å². The molecule has 2 N–H and O–H groups in total. The fourth-order valence-electron chi connectivity index (χ4n) is 2.72. The number of hydrogen-bond donors (Lipinski definition) is 1. The smallest absolute Gasteiger partial charge is 0.224 e. The van der Waals surface area contributed by atoms with Crippen LogP contribution in [0.15, 0.2) is 0 Å². The highest BCUT2D eigenvalue weighted by Crippen LogP contribution is 2.18. The van der Waals surface area contributed by atoms with Gasteiger partial charge in [-0.05, 0) is 39.8 Å². The van der Waals surface area contributed by atoms with E-state index in [-0.39, 0.29) is 5.91 Å². The van der Waals surface area contributed by atoms with Gasteiger partial charge >= 0.3 is 0 Å². The Kier molecular flexibility index (Phi) is 5.60. The van der Waals surface area contributed by atoms with E-state index in [1.54, 1.807) is 0 Å². The largest absolute Gasteiger partial charge is 0.343 e. The molecule has 0 radical (unpaired) electrons. The lowest BCUT2D eigenvalue weighted by Gasteiger charge is -2.38. The first-order valence-electron chi connectivity index (χ1n) is 7.18. The summed E-state index contributed by atoms with van der Waals surface area (Å²) in [5, 5.41) is 0. The van der Waals surface area contributed by atoms with Crippen molar-refractivity contribution in [3.8, 4) is 0 Å². The molecule has 0 aliphatic carbocycles. The van der Waals surface area contributed by atoms with Crippen LogP contribution < -0.4 is 5.73 Å². The standard InChI is InChI=1S/C14H29N3O/c1-5-16(6-2)12-7-9-17(10-8-12)13(18)11-14(3,4)15/h12H,5-11,15H2,1-4H3. The minimum absolute atomic E-state index is 0.209. The van der Waals surface area contributed by atoms with Crippen LogP contribution in [0.5, 0.6) is 0 Å². The number of nitrogens with zero attached hydrogens (tertiary/aromatic N) is 2. The van der Waals surface area contributed by atoms with Crippen LogP contribution >= 0.6 is 0 Å². The highest BCUT2D eigenvalue weighted by molar-refractivity contribution is 5.77. The summed E-state index contributed by atoms with van der Waals surface area (Å²) in [5.41, 5.74) is 5.51. The number of carbonyl (C=O) groups excluding carboxylic acids is 1. The van der Waals surface area contributed by atoms with Crippen molar-refractivity contribution in [2.24, 2.45) is 5.73 Å². The average Bonchev–Trinajstić information content (AvgIpc) is 2.29. The molecule has 1 heterocycles. The zero-order valence-electron chi connectivity index (χ0n) is 12.4. The van der Waals surface area contributed by atoms with E-state index in [9.17, 15) is 4.79 Å². The summed E-state index contributed by atoms with van der Waals surface area (Å²) in [5.74, 6) is 0.209. The van der Waals surface area contributed by atoms with Gasteiger partial charge < -0.3 is 15.5 Å². The van der Waals surface area contributed by atoms with Gasteiger partial charge in [0.2, 0.25) is 5.91 Å². The van der Waals surface area contributed by atoms with Gasteiger partial charge in [0.05, 0.1) is 0 Å². The highest BCUT2D eigenvalue weighted by atomic mass is 16.2. The van der Waals surface area contributed by atoms with E-state index in [0.717, 1.165) is 39.0 Å². The van der Waals surface area contributed by atoms with Crippen LogP contribution in [0.1, 0.15) is 47.0 Å². The Hall–Kier alpha value is -0.610. The van der Waals surface area contributed by atoms with Crippen LogP contribution in [0.2, 0.25) is 0 Å². The maximum atomic E-state index is 12.1. The van der Waals surface area contributed by atoms with E-state index in [0.29, 0.717) is 12.5 Å². The van der Waals surface area contributed by atoms with Gasteiger partial charge in [-0.1, -0.05) is 13.8 Å². The first-order chi connectivity index (χ1) is 8.37. The number of rotatable bonds is 5. The molecule has 0 atom stereocenters. The van der Waals surface area contributed by atoms with Crippen molar-refractivity contribution in [3.63, 3.8) is 0 Å². The summed E-state index contributed by atoms with van der Waals surface area (Å²) >= 11 is 0. The van der Waals surface area contributed by atoms with Crippen molar-refractivity contribution >= 4 is 5.91 Å². The van der Waals surface area contributed by atoms with Crippen molar-refractivity contribution in [2.75, 3.05) is 26.2 Å². The molecule has 0 bridgehead atoms. The number of piperidine rings is 1. The third-order valence-electron chi connectivity index (χ3n) is 3.75. The second-order valence-electron chi connectivity index (χ2n) is 6.00. The monoisotopic (exact) mass is 255 g/mol. The van der Waals surface area contributed by atoms with Crippen molar-refractivity contribution < 1.29 is 4.79 Å². The van der Waals surface area contributed by atoms with Crippen LogP contribution in [0.25, 0.3) is 0 Å². The number of hydrogen-bond acceptors (Lipinski definition) is 3. The molecule has 0 spiro atoms. The number of nitrogens with two attached hydrogens (primary N) is 1. The second-order valence-corrected chi connectivity index (χ2v) is 6.00. The maximum absolute atomic E-state index is 12.1. The Bertz CT molecular complexity index is 261. The maximum Gasteiger partial charge on any atom is 0.224 e. The molecule has 0 aromatic rings. The van der Waals surface area contributed by atoms with Gasteiger partial charge in [0, 0.05) is 31.1 Å². The first kappa shape index (κ1) is 15.4. The molecule has 1 fully saturated rings. The lowest BCUT2D eigenvalue weighted by atomic mass is 9.98. The van der Waals surface area contributed by atoms with Crippen molar-refractivity contribution in [2.45, 2.75) is 58.5 Å². The SMILES string of the molecule is CCN(CC)C1CCN(C(=O)CC(C)(C)N)CC1. The molecule has 4 nitrogen and oxygen atoms in total. The summed E-state index contributed by atoms with van der Waals surface area (Å²) in [6, 6.07) is 0.648. The van der Waals surface area contributed by atoms with Gasteiger partial charge in [-0.15, -0.1) is 0 Å². The van der Waals surface area contributed by atoms with Crippen LogP contribution in [-0.4, -0.2) is 53.5 Å². The summed E-state index contributed by atoms with van der Waals surface area (Å²) in [6.45, 7) is 12.2. The Morgan fingerprint density at radius 2 is 1.78 bits per heavy atom. The predicted molar refractivity (Wildman–Crippen MR) is 75.4 cm³/mol. The second kappa shape index (κ2) is 6.53. The van der Waals surface area contributed by atoms with Crippen molar-refractivity contribution in [1.82, 2.24) is 9.80 Å². The molecule has 1 rings (SSSR count). The molecule has 4 heteroatoms. The summed E-state index contributed by atoms with van der Waals surface area (Å²) in [6.07, 6.45) is 2.64. The van der Waals surface area contributed by atoms with E-state index in [1.165, 1.54) is 0 Å². The van der Waals surface area contributed by atoms with Gasteiger partial charge in [0.15, 0.2) is 0 Å². The van der Waals surface area contributed by atoms with Gasteiger partial charge in [-0.3, -0.25) is 4.79 Å². The minimum Gasteiger partial charge on any atom is -0.343 e. The summed E-state index contributed by atoms with van der Waals surface area (Å²) < 4.78 is 0. The van der Waals surface area contributed by atoms with Gasteiger partial charge in [-0.2, -0.15) is 0 Å². The normalized spacial score (nSPS) is 18.4. The van der Waals surface area contributed by atoms with Crippen molar-refractivity contribution in [1.29, 1.82) is 0 Å². The molecule has 1 aliphatic heterocycles. The average molecular weight is 255 g/mol. The minimum atomic E-state index is -0.396. The first-order valence-corrected chi connectivity index (χ1v) is 7.18. The van der Waals surface area contributed by atoms with Gasteiger partial charge in [0.25, 0.3) is 0 Å². The number of likely N-dealkylation sites (tertiary alicyclic amines) is 1. The van der Waals surface area contributed by atoms with Crippen LogP contribution in [-0.2, 0) is 4.79 Å². The topological polar surface area (TPSA) is 49.6 Å².